The number of carbonyl (C=O) groups is 2. The van der Waals surface area contributed by atoms with Crippen LogP contribution in [0.2, 0.25) is 0 Å². The Bertz CT molecular complexity index is 168. The van der Waals surface area contributed by atoms with Gasteiger partial charge in [0.25, 0.3) is 0 Å². The molecule has 0 aliphatic carbocycles. The maximum Gasteiger partial charge on any atom is 0.396 e. The lowest BCUT2D eigenvalue weighted by atomic mass is 10.3. The predicted octanol–water partition coefficient (Wildman–Crippen LogP) is -0.987. The van der Waals surface area contributed by atoms with Crippen molar-refractivity contribution < 1.29 is 14.3 Å². The predicted molar refractivity (Wildman–Crippen MR) is 43.3 cm³/mol. The molecule has 0 spiro atoms. The molecule has 0 heterocycles. The van der Waals surface area contributed by atoms with Gasteiger partial charge in [-0.15, -0.1) is 0 Å². The first-order chi connectivity index (χ1) is 5.57. The second-order valence-corrected chi connectivity index (χ2v) is 2.41. The van der Waals surface area contributed by atoms with Gasteiger partial charge in [-0.1, -0.05) is 0 Å². The van der Waals surface area contributed by atoms with Gasteiger partial charge in [-0.3, -0.25) is 4.79 Å². The van der Waals surface area contributed by atoms with Crippen LogP contribution in [0.4, 0.5) is 0 Å². The van der Waals surface area contributed by atoms with E-state index in [0.717, 1.165) is 0 Å². The number of hydrogen-bond acceptors (Lipinski definition) is 4. The maximum atomic E-state index is 10.8. The van der Waals surface area contributed by atoms with Crippen LogP contribution in [0.1, 0.15) is 13.8 Å². The fourth-order valence-corrected chi connectivity index (χ4v) is 0.522. The summed E-state index contributed by atoms with van der Waals surface area (Å²) >= 11 is 0. The van der Waals surface area contributed by atoms with Crippen molar-refractivity contribution in [3.63, 3.8) is 0 Å². The number of carbonyl (C=O) groups excluding carboxylic acids is 2. The van der Waals surface area contributed by atoms with Crippen LogP contribution in [0.3, 0.4) is 0 Å². The SMILES string of the molecule is CCOC(=O)C(=O)NCC(C)N. The third-order valence-electron chi connectivity index (χ3n) is 1.05. The van der Waals surface area contributed by atoms with Crippen LogP contribution in [0, 0.1) is 0 Å². The Labute approximate surface area is 71.3 Å². The summed E-state index contributed by atoms with van der Waals surface area (Å²) < 4.78 is 4.44. The lowest BCUT2D eigenvalue weighted by molar-refractivity contribution is -0.154. The second-order valence-electron chi connectivity index (χ2n) is 2.41. The van der Waals surface area contributed by atoms with E-state index >= 15 is 0 Å². The van der Waals surface area contributed by atoms with E-state index in [9.17, 15) is 9.59 Å². The zero-order valence-electron chi connectivity index (χ0n) is 7.29. The number of esters is 1. The summed E-state index contributed by atoms with van der Waals surface area (Å²) in [5.41, 5.74) is 5.35. The largest absolute Gasteiger partial charge is 0.459 e. The Hall–Kier alpha value is -1.10. The van der Waals surface area contributed by atoms with Gasteiger partial charge in [-0.05, 0) is 13.8 Å². The van der Waals surface area contributed by atoms with Gasteiger partial charge in [0.1, 0.15) is 0 Å². The summed E-state index contributed by atoms with van der Waals surface area (Å²) in [5, 5.41) is 2.33. The molecule has 0 fully saturated rings. The summed E-state index contributed by atoms with van der Waals surface area (Å²) in [7, 11) is 0. The summed E-state index contributed by atoms with van der Waals surface area (Å²) in [4.78, 5) is 21.5. The maximum absolute atomic E-state index is 10.8. The topological polar surface area (TPSA) is 81.4 Å². The van der Waals surface area contributed by atoms with Crippen LogP contribution >= 0.6 is 0 Å². The molecular formula is C7H14N2O3. The van der Waals surface area contributed by atoms with Gasteiger partial charge in [0.05, 0.1) is 6.61 Å². The average Bonchev–Trinajstić information content (AvgIpc) is 2.00. The highest BCUT2D eigenvalue weighted by Gasteiger charge is 2.13. The van der Waals surface area contributed by atoms with Gasteiger partial charge in [-0.2, -0.15) is 0 Å². The van der Waals surface area contributed by atoms with Gasteiger partial charge in [-0.25, -0.2) is 4.79 Å². The van der Waals surface area contributed by atoms with Crippen LogP contribution in [0.15, 0.2) is 0 Å². The molecule has 1 amide bonds. The summed E-state index contributed by atoms with van der Waals surface area (Å²) in [6.45, 7) is 3.84. The molecule has 0 saturated heterocycles. The van der Waals surface area contributed by atoms with E-state index in [1.165, 1.54) is 0 Å². The molecule has 5 nitrogen and oxygen atoms in total. The van der Waals surface area contributed by atoms with Crippen molar-refractivity contribution in [3.05, 3.63) is 0 Å². The van der Waals surface area contributed by atoms with Crippen molar-refractivity contribution in [2.45, 2.75) is 19.9 Å². The van der Waals surface area contributed by atoms with Crippen molar-refractivity contribution >= 4 is 11.9 Å². The Morgan fingerprint density at radius 2 is 2.17 bits per heavy atom. The van der Waals surface area contributed by atoms with E-state index in [1.807, 2.05) is 0 Å². The minimum Gasteiger partial charge on any atom is -0.459 e. The number of nitrogens with two attached hydrogens (primary N) is 1. The number of nitrogens with one attached hydrogen (secondary N) is 1. The standard InChI is InChI=1S/C7H14N2O3/c1-3-12-7(11)6(10)9-4-5(2)8/h5H,3-4,8H2,1-2H3,(H,9,10). The van der Waals surface area contributed by atoms with E-state index in [-0.39, 0.29) is 19.2 Å². The number of rotatable bonds is 3. The molecule has 0 aliphatic heterocycles. The first kappa shape index (κ1) is 10.9. The third kappa shape index (κ3) is 4.68. The molecule has 70 valence electrons. The lowest BCUT2D eigenvalue weighted by Gasteiger charge is -2.06. The van der Waals surface area contributed by atoms with Gasteiger partial charge < -0.3 is 15.8 Å². The first-order valence-corrected chi connectivity index (χ1v) is 3.78. The van der Waals surface area contributed by atoms with Crippen molar-refractivity contribution in [2.24, 2.45) is 5.73 Å². The molecule has 0 radical (unpaired) electrons. The van der Waals surface area contributed by atoms with E-state index in [1.54, 1.807) is 13.8 Å². The number of amides is 1. The fourth-order valence-electron chi connectivity index (χ4n) is 0.522. The van der Waals surface area contributed by atoms with Crippen LogP contribution in [0.5, 0.6) is 0 Å². The molecule has 0 rings (SSSR count). The van der Waals surface area contributed by atoms with Crippen LogP contribution < -0.4 is 11.1 Å². The zero-order chi connectivity index (χ0) is 9.56. The van der Waals surface area contributed by atoms with Crippen LogP contribution in [-0.2, 0) is 14.3 Å². The number of ether oxygens (including phenoxy) is 1. The molecule has 0 aromatic heterocycles. The fraction of sp³-hybridized carbons (Fsp3) is 0.714. The average molecular weight is 174 g/mol. The minimum absolute atomic E-state index is 0.164. The van der Waals surface area contributed by atoms with Crippen molar-refractivity contribution in [1.82, 2.24) is 5.32 Å². The minimum atomic E-state index is -0.863. The summed E-state index contributed by atoms with van der Waals surface area (Å²) in [6, 6.07) is -0.164. The molecule has 0 aromatic carbocycles. The number of hydrogen-bond donors (Lipinski definition) is 2. The van der Waals surface area contributed by atoms with E-state index in [4.69, 9.17) is 5.73 Å². The van der Waals surface area contributed by atoms with Crippen molar-refractivity contribution in [3.8, 4) is 0 Å². The summed E-state index contributed by atoms with van der Waals surface area (Å²) in [6.07, 6.45) is 0. The van der Waals surface area contributed by atoms with Gasteiger partial charge in [0.2, 0.25) is 0 Å². The third-order valence-corrected chi connectivity index (χ3v) is 1.05. The molecule has 0 saturated carbocycles. The van der Waals surface area contributed by atoms with Crippen molar-refractivity contribution in [2.75, 3.05) is 13.2 Å². The highest BCUT2D eigenvalue weighted by atomic mass is 16.5. The highest BCUT2D eigenvalue weighted by molar-refractivity contribution is 6.32. The van der Waals surface area contributed by atoms with Gasteiger partial charge in [0.15, 0.2) is 0 Å². The molecule has 12 heavy (non-hydrogen) atoms. The van der Waals surface area contributed by atoms with Crippen molar-refractivity contribution in [1.29, 1.82) is 0 Å². The second kappa shape index (κ2) is 5.54. The lowest BCUT2D eigenvalue weighted by Crippen LogP contribution is -2.39. The molecule has 0 aliphatic rings. The van der Waals surface area contributed by atoms with E-state index < -0.39 is 11.9 Å². The Balaban J connectivity index is 3.65. The smallest absolute Gasteiger partial charge is 0.396 e. The Morgan fingerprint density at radius 1 is 1.58 bits per heavy atom. The Morgan fingerprint density at radius 3 is 2.58 bits per heavy atom. The van der Waals surface area contributed by atoms with Gasteiger partial charge in [0, 0.05) is 12.6 Å². The normalized spacial score (nSPS) is 11.9. The molecule has 0 aromatic rings. The molecule has 5 heteroatoms. The van der Waals surface area contributed by atoms with Crippen LogP contribution in [-0.4, -0.2) is 31.1 Å². The van der Waals surface area contributed by atoms with Gasteiger partial charge >= 0.3 is 11.9 Å². The Kier molecular flexibility index (Phi) is 5.03. The molecular weight excluding hydrogens is 160 g/mol. The van der Waals surface area contributed by atoms with Crippen LogP contribution in [0.25, 0.3) is 0 Å². The zero-order valence-corrected chi connectivity index (χ0v) is 7.29. The molecule has 3 N–H and O–H groups in total. The molecule has 1 unspecified atom stereocenters. The van der Waals surface area contributed by atoms with E-state index in [2.05, 4.69) is 10.1 Å². The molecule has 1 atom stereocenters. The van der Waals surface area contributed by atoms with E-state index in [0.29, 0.717) is 0 Å². The summed E-state index contributed by atoms with van der Waals surface area (Å²) in [5.74, 6) is -1.60. The monoisotopic (exact) mass is 174 g/mol. The molecule has 0 bridgehead atoms. The highest BCUT2D eigenvalue weighted by Crippen LogP contribution is 1.78. The quantitative estimate of drug-likeness (QED) is 0.425. The first-order valence-electron chi connectivity index (χ1n) is 3.78.